The molecule has 0 atom stereocenters. The summed E-state index contributed by atoms with van der Waals surface area (Å²) in [6.07, 6.45) is 6.61. The number of aromatic amines is 1. The summed E-state index contributed by atoms with van der Waals surface area (Å²) in [5, 5.41) is 13.0. The van der Waals surface area contributed by atoms with Crippen molar-refractivity contribution in [2.24, 2.45) is 0 Å². The minimum atomic E-state index is -0.0367. The van der Waals surface area contributed by atoms with E-state index in [1.807, 2.05) is 11.8 Å². The average Bonchev–Trinajstić information content (AvgIpc) is 3.43. The molecule has 0 aromatic carbocycles. The molecule has 10 nitrogen and oxygen atoms in total. The van der Waals surface area contributed by atoms with Gasteiger partial charge in [0.1, 0.15) is 25.0 Å². The van der Waals surface area contributed by atoms with E-state index in [1.165, 1.54) is 6.33 Å². The fourth-order valence-electron chi connectivity index (χ4n) is 3.58. The van der Waals surface area contributed by atoms with Crippen LogP contribution in [0.1, 0.15) is 53.6 Å². The summed E-state index contributed by atoms with van der Waals surface area (Å²) in [6, 6.07) is 0. The first-order valence-corrected chi connectivity index (χ1v) is 9.21. The van der Waals surface area contributed by atoms with Gasteiger partial charge in [0.15, 0.2) is 11.6 Å². The van der Waals surface area contributed by atoms with Crippen LogP contribution >= 0.6 is 0 Å². The van der Waals surface area contributed by atoms with Crippen LogP contribution in [0.4, 0.5) is 0 Å². The number of likely N-dealkylation sites (tertiary alicyclic amines) is 1. The number of carbonyl (C=O) groups is 1. The van der Waals surface area contributed by atoms with E-state index in [2.05, 4.69) is 41.7 Å². The lowest BCUT2D eigenvalue weighted by atomic mass is 9.95. The molecule has 142 valence electrons. The molecule has 1 N–H and O–H groups in total. The molecular formula is C17H23N9O. The number of aromatic nitrogens is 8. The Morgan fingerprint density at radius 2 is 2.11 bits per heavy atom. The minimum Gasteiger partial charge on any atom is -0.338 e. The van der Waals surface area contributed by atoms with E-state index in [9.17, 15) is 4.79 Å². The Bertz CT molecular complexity index is 903. The molecule has 1 amide bonds. The van der Waals surface area contributed by atoms with Crippen LogP contribution in [-0.2, 0) is 13.1 Å². The summed E-state index contributed by atoms with van der Waals surface area (Å²) in [6.45, 7) is 6.73. The zero-order valence-electron chi connectivity index (χ0n) is 15.5. The lowest BCUT2D eigenvalue weighted by molar-refractivity contribution is 0.0698. The van der Waals surface area contributed by atoms with Crippen LogP contribution in [0.25, 0.3) is 0 Å². The van der Waals surface area contributed by atoms with Gasteiger partial charge in [-0.2, -0.15) is 5.10 Å². The first-order valence-electron chi connectivity index (χ1n) is 9.21. The van der Waals surface area contributed by atoms with Crippen molar-refractivity contribution in [1.29, 1.82) is 0 Å². The van der Waals surface area contributed by atoms with E-state index in [1.54, 1.807) is 17.2 Å². The van der Waals surface area contributed by atoms with Crippen molar-refractivity contribution < 1.29 is 4.79 Å². The highest BCUT2D eigenvalue weighted by Crippen LogP contribution is 2.28. The van der Waals surface area contributed by atoms with Gasteiger partial charge in [0.2, 0.25) is 0 Å². The number of hydrogen-bond acceptors (Lipinski definition) is 6. The Kier molecular flexibility index (Phi) is 4.69. The second-order valence-electron chi connectivity index (χ2n) is 6.79. The number of aryl methyl sites for hydroxylation is 1. The largest absolute Gasteiger partial charge is 0.338 e. The van der Waals surface area contributed by atoms with Gasteiger partial charge in [-0.05, 0) is 26.7 Å². The highest BCUT2D eigenvalue weighted by Gasteiger charge is 2.29. The van der Waals surface area contributed by atoms with Crippen LogP contribution in [0.3, 0.4) is 0 Å². The van der Waals surface area contributed by atoms with Crippen molar-refractivity contribution in [2.45, 2.75) is 45.7 Å². The first-order chi connectivity index (χ1) is 13.2. The van der Waals surface area contributed by atoms with Crippen molar-refractivity contribution in [3.8, 4) is 0 Å². The van der Waals surface area contributed by atoms with Crippen LogP contribution in [0.2, 0.25) is 0 Å². The molecule has 0 saturated carbocycles. The Labute approximate surface area is 156 Å². The van der Waals surface area contributed by atoms with Crippen LogP contribution in [0.15, 0.2) is 18.9 Å². The van der Waals surface area contributed by atoms with Gasteiger partial charge in [-0.1, -0.05) is 0 Å². The Balaban J connectivity index is 1.43. The zero-order valence-corrected chi connectivity index (χ0v) is 15.5. The number of nitrogens with zero attached hydrogens (tertiary/aromatic N) is 8. The Morgan fingerprint density at radius 3 is 2.74 bits per heavy atom. The van der Waals surface area contributed by atoms with E-state index in [0.29, 0.717) is 31.4 Å². The second kappa shape index (κ2) is 7.29. The van der Waals surface area contributed by atoms with Gasteiger partial charge in [-0.15, -0.1) is 10.2 Å². The molecule has 3 aromatic rings. The van der Waals surface area contributed by atoms with Crippen LogP contribution in [0, 0.1) is 6.92 Å². The molecule has 27 heavy (non-hydrogen) atoms. The fraction of sp³-hybridized carbons (Fsp3) is 0.529. The number of imidazole rings is 1. The third kappa shape index (κ3) is 3.46. The number of H-pyrrole nitrogens is 1. The molecule has 1 aliphatic heterocycles. The highest BCUT2D eigenvalue weighted by molar-refractivity contribution is 5.90. The number of piperidine rings is 1. The van der Waals surface area contributed by atoms with Gasteiger partial charge in [0.25, 0.3) is 5.91 Å². The molecule has 0 radical (unpaired) electrons. The fourth-order valence-corrected chi connectivity index (χ4v) is 3.58. The summed E-state index contributed by atoms with van der Waals surface area (Å²) in [5.41, 5.74) is 0.893. The van der Waals surface area contributed by atoms with E-state index in [4.69, 9.17) is 0 Å². The molecule has 0 spiro atoms. The summed E-state index contributed by atoms with van der Waals surface area (Å²) < 4.78 is 3.90. The second-order valence-corrected chi connectivity index (χ2v) is 6.79. The van der Waals surface area contributed by atoms with Gasteiger partial charge in [0.05, 0.1) is 0 Å². The Morgan fingerprint density at radius 1 is 1.30 bits per heavy atom. The quantitative estimate of drug-likeness (QED) is 0.718. The maximum atomic E-state index is 12.5. The molecule has 10 heteroatoms. The monoisotopic (exact) mass is 369 g/mol. The number of rotatable bonds is 5. The molecular weight excluding hydrogens is 346 g/mol. The zero-order chi connectivity index (χ0) is 18.8. The van der Waals surface area contributed by atoms with Crippen molar-refractivity contribution in [3.63, 3.8) is 0 Å². The predicted octanol–water partition coefficient (Wildman–Crippen LogP) is 0.989. The van der Waals surface area contributed by atoms with Crippen molar-refractivity contribution in [3.05, 3.63) is 42.0 Å². The number of nitrogens with one attached hydrogen (secondary N) is 1. The van der Waals surface area contributed by atoms with Gasteiger partial charge >= 0.3 is 0 Å². The third-order valence-electron chi connectivity index (χ3n) is 4.99. The van der Waals surface area contributed by atoms with Crippen molar-refractivity contribution in [2.75, 3.05) is 13.1 Å². The number of hydrogen-bond donors (Lipinski definition) is 1. The van der Waals surface area contributed by atoms with Gasteiger partial charge in [0, 0.05) is 37.4 Å². The lowest BCUT2D eigenvalue weighted by Gasteiger charge is -2.31. The van der Waals surface area contributed by atoms with E-state index >= 15 is 0 Å². The van der Waals surface area contributed by atoms with Gasteiger partial charge < -0.3 is 14.5 Å². The van der Waals surface area contributed by atoms with Crippen molar-refractivity contribution >= 4 is 5.91 Å². The Hall–Kier alpha value is -3.04. The normalized spacial score (nSPS) is 15.4. The molecule has 1 fully saturated rings. The average molecular weight is 369 g/mol. The molecule has 1 aliphatic rings. The molecule has 0 aliphatic carbocycles. The minimum absolute atomic E-state index is 0.0367. The summed E-state index contributed by atoms with van der Waals surface area (Å²) >= 11 is 0. The number of amides is 1. The van der Waals surface area contributed by atoms with Crippen LogP contribution < -0.4 is 0 Å². The smallest absolute Gasteiger partial charge is 0.289 e. The van der Waals surface area contributed by atoms with E-state index in [-0.39, 0.29) is 5.91 Å². The highest BCUT2D eigenvalue weighted by atomic mass is 16.2. The summed E-state index contributed by atoms with van der Waals surface area (Å²) in [7, 11) is 0. The summed E-state index contributed by atoms with van der Waals surface area (Å²) in [4.78, 5) is 25.5. The third-order valence-corrected chi connectivity index (χ3v) is 4.99. The molecule has 0 bridgehead atoms. The van der Waals surface area contributed by atoms with Gasteiger partial charge in [-0.3, -0.25) is 4.79 Å². The molecule has 4 heterocycles. The van der Waals surface area contributed by atoms with Crippen molar-refractivity contribution in [1.82, 2.24) is 44.4 Å². The van der Waals surface area contributed by atoms with E-state index in [0.717, 1.165) is 36.7 Å². The molecule has 0 unspecified atom stereocenters. The number of carbonyl (C=O) groups excluding carboxylic acids is 1. The topological polar surface area (TPSA) is 110 Å². The maximum absolute atomic E-state index is 12.5. The molecule has 3 aromatic heterocycles. The van der Waals surface area contributed by atoms with Gasteiger partial charge in [-0.25, -0.2) is 14.6 Å². The summed E-state index contributed by atoms with van der Waals surface area (Å²) in [5.74, 6) is 2.55. The van der Waals surface area contributed by atoms with E-state index < -0.39 is 0 Å². The van der Waals surface area contributed by atoms with Crippen LogP contribution in [-0.4, -0.2) is 63.4 Å². The molecule has 4 rings (SSSR count). The van der Waals surface area contributed by atoms with Crippen LogP contribution in [0.5, 0.6) is 0 Å². The molecule has 1 saturated heterocycles. The maximum Gasteiger partial charge on any atom is 0.289 e. The predicted molar refractivity (Wildman–Crippen MR) is 96.0 cm³/mol. The standard InChI is InChI=1S/C17H23N9O/c1-3-26-14(9-25-11-18-10-20-25)22-23-16(26)13-4-6-24(7-5-13)17(27)15-19-8-12(2)21-15/h8,10-11,13H,3-7,9H2,1-2H3,(H,19,21). The SMILES string of the molecule is CCn1c(Cn2cncn2)nnc1C1CCN(C(=O)c2ncc(C)[nH]2)CC1. The first kappa shape index (κ1) is 17.4. The lowest BCUT2D eigenvalue weighted by Crippen LogP contribution is -2.39.